The van der Waals surface area contributed by atoms with Crippen LogP contribution in [0.3, 0.4) is 0 Å². The van der Waals surface area contributed by atoms with Crippen molar-refractivity contribution in [2.75, 3.05) is 26.4 Å². The maximum absolute atomic E-state index is 10.2. The number of rotatable bonds is 6. The first-order valence-corrected chi connectivity index (χ1v) is 4.68. The molecule has 8 nitrogen and oxygen atoms in total. The molecule has 0 heterocycles. The molecule has 0 saturated carbocycles. The first-order valence-electron chi connectivity index (χ1n) is 4.68. The van der Waals surface area contributed by atoms with Crippen LogP contribution in [0, 0.1) is 11.3 Å². The first kappa shape index (κ1) is 18.2. The molecule has 0 spiro atoms. The Balaban J connectivity index is 0. The number of aliphatic hydroxyl groups is 4. The normalized spacial score (nSPS) is 10.7. The smallest absolute Gasteiger partial charge is 0.314 e. The van der Waals surface area contributed by atoms with Gasteiger partial charge < -0.3 is 30.6 Å². The van der Waals surface area contributed by atoms with Gasteiger partial charge in [0.15, 0.2) is 0 Å². The summed E-state index contributed by atoms with van der Waals surface area (Å²) < 4.78 is 0. The van der Waals surface area contributed by atoms with E-state index in [-0.39, 0.29) is 0 Å². The summed E-state index contributed by atoms with van der Waals surface area (Å²) in [6.45, 7) is -0.829. The van der Waals surface area contributed by atoms with E-state index < -0.39 is 49.7 Å². The van der Waals surface area contributed by atoms with Gasteiger partial charge in [0.2, 0.25) is 0 Å². The van der Waals surface area contributed by atoms with Crippen LogP contribution in [0.5, 0.6) is 0 Å². The van der Waals surface area contributed by atoms with E-state index in [4.69, 9.17) is 30.6 Å². The van der Waals surface area contributed by atoms with Gasteiger partial charge >= 0.3 is 11.9 Å². The van der Waals surface area contributed by atoms with E-state index >= 15 is 0 Å². The lowest BCUT2D eigenvalue weighted by Gasteiger charge is -2.17. The van der Waals surface area contributed by atoms with Crippen LogP contribution in [0.1, 0.15) is 6.92 Å². The van der Waals surface area contributed by atoms with Crippen LogP contribution in [0.2, 0.25) is 0 Å². The molecular formula is C9H18O8. The lowest BCUT2D eigenvalue weighted by Crippen LogP contribution is -2.35. The quantitative estimate of drug-likeness (QED) is 0.310. The van der Waals surface area contributed by atoms with Gasteiger partial charge in [0, 0.05) is 0 Å². The number of aliphatic hydroxyl groups excluding tert-OH is 4. The highest BCUT2D eigenvalue weighted by Crippen LogP contribution is 2.12. The zero-order valence-electron chi connectivity index (χ0n) is 9.41. The van der Waals surface area contributed by atoms with Crippen LogP contribution in [0.4, 0.5) is 0 Å². The minimum absolute atomic E-state index is 0.508. The Labute approximate surface area is 97.8 Å². The third-order valence-electron chi connectivity index (χ3n) is 2.00. The molecule has 0 radical (unpaired) electrons. The molecule has 0 bridgehead atoms. The number of carboxylic acid groups (broad SMARTS) is 2. The third-order valence-corrected chi connectivity index (χ3v) is 2.00. The third kappa shape index (κ3) is 6.84. The van der Waals surface area contributed by atoms with Gasteiger partial charge in [-0.15, -0.1) is 0 Å². The Hall–Kier alpha value is -1.22. The molecule has 0 unspecified atom stereocenters. The number of carbonyl (C=O) groups is 2. The largest absolute Gasteiger partial charge is 0.481 e. The molecule has 0 aromatic rings. The molecule has 0 aliphatic carbocycles. The van der Waals surface area contributed by atoms with Crippen molar-refractivity contribution in [3.63, 3.8) is 0 Å². The molecule has 0 aromatic carbocycles. The van der Waals surface area contributed by atoms with Gasteiger partial charge in [-0.25, -0.2) is 0 Å². The Bertz CT molecular complexity index is 231. The number of hydrogen-bond acceptors (Lipinski definition) is 6. The van der Waals surface area contributed by atoms with Gasteiger partial charge in [-0.05, 0) is 6.92 Å². The summed E-state index contributed by atoms with van der Waals surface area (Å²) in [5.41, 5.74) is -1.39. The average molecular weight is 254 g/mol. The molecule has 0 rings (SSSR count). The molecule has 0 amide bonds. The fourth-order valence-electron chi connectivity index (χ4n) is 0.399. The van der Waals surface area contributed by atoms with Gasteiger partial charge in [-0.2, -0.15) is 0 Å². The topological polar surface area (TPSA) is 156 Å². The second-order valence-corrected chi connectivity index (χ2v) is 3.58. The summed E-state index contributed by atoms with van der Waals surface area (Å²) >= 11 is 0. The van der Waals surface area contributed by atoms with E-state index in [0.29, 0.717) is 0 Å². The van der Waals surface area contributed by atoms with Crippen LogP contribution >= 0.6 is 0 Å². The van der Waals surface area contributed by atoms with Crippen molar-refractivity contribution in [3.8, 4) is 0 Å². The standard InChI is InChI=1S/C5H10O4.C4H8O4/c1-5(2-6,3-7)4(8)9;5-1-3(2-6)4(7)8/h6-7H,2-3H2,1H3,(H,8,9);3,5-6H,1-2H2,(H,7,8). The maximum Gasteiger partial charge on any atom is 0.314 e. The molecule has 0 saturated heterocycles. The number of hydrogen-bond donors (Lipinski definition) is 6. The second-order valence-electron chi connectivity index (χ2n) is 3.58. The van der Waals surface area contributed by atoms with Crippen LogP contribution in [0.15, 0.2) is 0 Å². The van der Waals surface area contributed by atoms with Crippen molar-refractivity contribution in [2.45, 2.75) is 6.92 Å². The molecule has 6 N–H and O–H groups in total. The fourth-order valence-corrected chi connectivity index (χ4v) is 0.399. The highest BCUT2D eigenvalue weighted by Gasteiger charge is 2.31. The first-order chi connectivity index (χ1) is 7.78. The van der Waals surface area contributed by atoms with Gasteiger partial charge in [0.1, 0.15) is 11.3 Å². The monoisotopic (exact) mass is 254 g/mol. The SMILES string of the molecule is CC(CO)(CO)C(=O)O.O=C(O)C(CO)CO. The van der Waals surface area contributed by atoms with Crippen molar-refractivity contribution >= 4 is 11.9 Å². The van der Waals surface area contributed by atoms with Crippen LogP contribution in [-0.2, 0) is 9.59 Å². The Morgan fingerprint density at radius 1 is 1.00 bits per heavy atom. The van der Waals surface area contributed by atoms with E-state index in [9.17, 15) is 9.59 Å². The number of aliphatic carboxylic acids is 2. The van der Waals surface area contributed by atoms with E-state index in [1.54, 1.807) is 0 Å². The van der Waals surface area contributed by atoms with E-state index in [2.05, 4.69) is 0 Å². The molecular weight excluding hydrogens is 236 g/mol. The van der Waals surface area contributed by atoms with Crippen LogP contribution < -0.4 is 0 Å². The lowest BCUT2D eigenvalue weighted by molar-refractivity contribution is -0.153. The van der Waals surface area contributed by atoms with Crippen molar-refractivity contribution < 1.29 is 40.2 Å². The van der Waals surface area contributed by atoms with Crippen LogP contribution in [0.25, 0.3) is 0 Å². The molecule has 17 heavy (non-hydrogen) atoms. The molecule has 0 aliphatic heterocycles. The van der Waals surface area contributed by atoms with Crippen LogP contribution in [-0.4, -0.2) is 69.0 Å². The van der Waals surface area contributed by atoms with Crippen molar-refractivity contribution in [2.24, 2.45) is 11.3 Å². The predicted molar refractivity (Wildman–Crippen MR) is 55.2 cm³/mol. The second kappa shape index (κ2) is 8.88. The molecule has 8 heteroatoms. The summed E-state index contributed by atoms with van der Waals surface area (Å²) in [4.78, 5) is 20.0. The molecule has 0 aromatic heterocycles. The van der Waals surface area contributed by atoms with Gasteiger partial charge in [-0.1, -0.05) is 0 Å². The zero-order chi connectivity index (χ0) is 14.1. The average Bonchev–Trinajstić information content (AvgIpc) is 2.29. The fraction of sp³-hybridized carbons (Fsp3) is 0.778. The maximum atomic E-state index is 10.2. The van der Waals surface area contributed by atoms with Gasteiger partial charge in [0.25, 0.3) is 0 Å². The molecule has 0 fully saturated rings. The predicted octanol–water partition coefficient (Wildman–Crippen LogP) is -2.27. The summed E-state index contributed by atoms with van der Waals surface area (Å²) in [6, 6.07) is 0. The summed E-state index contributed by atoms with van der Waals surface area (Å²) in [6.07, 6.45) is 0. The highest BCUT2D eigenvalue weighted by molar-refractivity contribution is 5.74. The zero-order valence-corrected chi connectivity index (χ0v) is 9.41. The molecule has 0 aliphatic rings. The van der Waals surface area contributed by atoms with E-state index in [0.717, 1.165) is 0 Å². The van der Waals surface area contributed by atoms with Crippen molar-refractivity contribution in [1.29, 1.82) is 0 Å². The molecule has 0 atom stereocenters. The molecule has 102 valence electrons. The summed E-state index contributed by atoms with van der Waals surface area (Å²) in [7, 11) is 0. The minimum atomic E-state index is -1.39. The van der Waals surface area contributed by atoms with Gasteiger partial charge in [0.05, 0.1) is 26.4 Å². The minimum Gasteiger partial charge on any atom is -0.481 e. The van der Waals surface area contributed by atoms with E-state index in [1.807, 2.05) is 0 Å². The van der Waals surface area contributed by atoms with Crippen molar-refractivity contribution in [1.82, 2.24) is 0 Å². The van der Waals surface area contributed by atoms with Gasteiger partial charge in [-0.3, -0.25) is 9.59 Å². The Kier molecular flexibility index (Phi) is 9.48. The number of carboxylic acids is 2. The summed E-state index contributed by atoms with van der Waals surface area (Å²) in [5, 5.41) is 49.5. The van der Waals surface area contributed by atoms with E-state index in [1.165, 1.54) is 6.92 Å². The highest BCUT2D eigenvalue weighted by atomic mass is 16.4. The summed E-state index contributed by atoms with van der Waals surface area (Å²) in [5.74, 6) is -3.38. The Morgan fingerprint density at radius 2 is 1.35 bits per heavy atom. The van der Waals surface area contributed by atoms with Crippen molar-refractivity contribution in [3.05, 3.63) is 0 Å². The lowest BCUT2D eigenvalue weighted by atomic mass is 9.94. The Morgan fingerprint density at radius 3 is 1.35 bits per heavy atom.